The van der Waals surface area contributed by atoms with E-state index >= 15 is 0 Å². The average Bonchev–Trinajstić information content (AvgIpc) is 3.05. The van der Waals surface area contributed by atoms with E-state index in [1.165, 1.54) is 0 Å². The van der Waals surface area contributed by atoms with Crippen molar-refractivity contribution in [2.45, 2.75) is 47.2 Å². The highest BCUT2D eigenvalue weighted by molar-refractivity contribution is 9.10. The molecule has 0 aliphatic heterocycles. The summed E-state index contributed by atoms with van der Waals surface area (Å²) in [6.45, 7) is 8.38. The molecule has 0 saturated heterocycles. The number of rotatable bonds is 4. The van der Waals surface area contributed by atoms with Gasteiger partial charge in [-0.1, -0.05) is 7.43 Å². The summed E-state index contributed by atoms with van der Waals surface area (Å²) in [5.74, 6) is 1.32. The van der Waals surface area contributed by atoms with E-state index < -0.39 is 0 Å². The number of ether oxygens (including phenoxy) is 2. The summed E-state index contributed by atoms with van der Waals surface area (Å²) in [5.41, 5.74) is 0. The molecule has 2 heterocycles. The fourth-order valence-corrected chi connectivity index (χ4v) is 2.20. The minimum absolute atomic E-state index is 0. The zero-order valence-electron chi connectivity index (χ0n) is 13.4. The van der Waals surface area contributed by atoms with Gasteiger partial charge in [-0.3, -0.25) is 0 Å². The largest absolute Gasteiger partial charge is 0.480 e. The molecule has 22 heavy (non-hydrogen) atoms. The lowest BCUT2D eigenvalue weighted by Gasteiger charge is -2.05. The standard InChI is InChI=1S/C7H11BrN2O.C7H12N2O.CH4/c1-5(2)10-4-6(11-3)9-7(10)8;1-6(2)9-4-7(10-3)8-5-9;/h4-5H,1-3H3;4-6H,1-3H3;1H4. The van der Waals surface area contributed by atoms with Gasteiger partial charge in [0.1, 0.15) is 0 Å². The Labute approximate surface area is 141 Å². The van der Waals surface area contributed by atoms with Crippen molar-refractivity contribution in [3.63, 3.8) is 0 Å². The van der Waals surface area contributed by atoms with Crippen molar-refractivity contribution >= 4 is 15.9 Å². The van der Waals surface area contributed by atoms with Crippen LogP contribution < -0.4 is 9.47 Å². The minimum atomic E-state index is 0. The SMILES string of the molecule is C.COc1cn(C(C)C)c(Br)n1.COc1cn(C(C)C)cn1. The van der Waals surface area contributed by atoms with Crippen LogP contribution >= 0.6 is 15.9 Å². The summed E-state index contributed by atoms with van der Waals surface area (Å²) in [6.07, 6.45) is 5.52. The van der Waals surface area contributed by atoms with Gasteiger partial charge in [0.25, 0.3) is 0 Å². The molecule has 2 aromatic heterocycles. The van der Waals surface area contributed by atoms with Crippen LogP contribution in [-0.4, -0.2) is 33.3 Å². The van der Waals surface area contributed by atoms with E-state index in [9.17, 15) is 0 Å². The van der Waals surface area contributed by atoms with Crippen LogP contribution in [0.15, 0.2) is 23.5 Å². The highest BCUT2D eigenvalue weighted by atomic mass is 79.9. The summed E-state index contributed by atoms with van der Waals surface area (Å²) in [7, 11) is 3.23. The van der Waals surface area contributed by atoms with Gasteiger partial charge >= 0.3 is 0 Å². The molecule has 0 atom stereocenters. The minimum Gasteiger partial charge on any atom is -0.480 e. The molecule has 6 nitrogen and oxygen atoms in total. The molecule has 2 aromatic rings. The van der Waals surface area contributed by atoms with Gasteiger partial charge in [-0.15, -0.1) is 0 Å². The fourth-order valence-electron chi connectivity index (χ4n) is 1.52. The zero-order valence-corrected chi connectivity index (χ0v) is 15.0. The molecule has 0 radical (unpaired) electrons. The summed E-state index contributed by atoms with van der Waals surface area (Å²) in [6, 6.07) is 0.858. The first-order valence-electron chi connectivity index (χ1n) is 6.74. The number of nitrogens with zero attached hydrogens (tertiary/aromatic N) is 4. The first-order chi connectivity index (χ1) is 9.88. The monoisotopic (exact) mass is 374 g/mol. The molecule has 0 amide bonds. The first-order valence-corrected chi connectivity index (χ1v) is 7.54. The van der Waals surface area contributed by atoms with Crippen LogP contribution in [0.2, 0.25) is 0 Å². The second-order valence-corrected chi connectivity index (χ2v) is 5.72. The highest BCUT2D eigenvalue weighted by Crippen LogP contribution is 2.19. The van der Waals surface area contributed by atoms with Crippen LogP contribution in [0.3, 0.4) is 0 Å². The molecule has 126 valence electrons. The van der Waals surface area contributed by atoms with Gasteiger partial charge in [0, 0.05) is 12.1 Å². The van der Waals surface area contributed by atoms with Gasteiger partial charge in [0.05, 0.1) is 32.9 Å². The molecular weight excluding hydrogens is 348 g/mol. The van der Waals surface area contributed by atoms with Gasteiger partial charge in [-0.2, -0.15) is 4.98 Å². The quantitative estimate of drug-likeness (QED) is 0.798. The van der Waals surface area contributed by atoms with Gasteiger partial charge in [0.15, 0.2) is 4.73 Å². The van der Waals surface area contributed by atoms with Crippen LogP contribution in [-0.2, 0) is 0 Å². The number of methoxy groups -OCH3 is 2. The predicted molar refractivity (Wildman–Crippen MR) is 92.8 cm³/mol. The van der Waals surface area contributed by atoms with Crippen LogP contribution in [0.5, 0.6) is 11.8 Å². The Balaban J connectivity index is 0.000000385. The first kappa shape index (κ1) is 20.5. The van der Waals surface area contributed by atoms with Gasteiger partial charge in [-0.05, 0) is 43.6 Å². The van der Waals surface area contributed by atoms with E-state index in [0.29, 0.717) is 23.8 Å². The van der Waals surface area contributed by atoms with Crippen molar-refractivity contribution in [2.75, 3.05) is 14.2 Å². The number of aromatic nitrogens is 4. The maximum Gasteiger partial charge on any atom is 0.232 e. The van der Waals surface area contributed by atoms with Crippen LogP contribution in [0.4, 0.5) is 0 Å². The molecule has 0 fully saturated rings. The summed E-state index contributed by atoms with van der Waals surface area (Å²) < 4.78 is 14.7. The molecule has 0 aliphatic carbocycles. The third-order valence-corrected chi connectivity index (χ3v) is 3.40. The Morgan fingerprint density at radius 1 is 1.00 bits per heavy atom. The Morgan fingerprint density at radius 2 is 1.59 bits per heavy atom. The van der Waals surface area contributed by atoms with Gasteiger partial charge < -0.3 is 18.6 Å². The van der Waals surface area contributed by atoms with Gasteiger partial charge in [-0.25, -0.2) is 4.98 Å². The summed E-state index contributed by atoms with van der Waals surface area (Å²) in [5, 5.41) is 0. The van der Waals surface area contributed by atoms with E-state index in [1.54, 1.807) is 20.5 Å². The van der Waals surface area contributed by atoms with Crippen molar-refractivity contribution in [1.82, 2.24) is 19.1 Å². The number of halogens is 1. The average molecular weight is 375 g/mol. The van der Waals surface area contributed by atoms with Crippen LogP contribution in [0, 0.1) is 0 Å². The van der Waals surface area contributed by atoms with E-state index in [2.05, 4.69) is 53.6 Å². The van der Waals surface area contributed by atoms with Crippen molar-refractivity contribution in [3.05, 3.63) is 23.5 Å². The van der Waals surface area contributed by atoms with Crippen LogP contribution in [0.1, 0.15) is 47.2 Å². The molecule has 7 heteroatoms. The second kappa shape index (κ2) is 9.50. The molecule has 0 saturated carbocycles. The van der Waals surface area contributed by atoms with Crippen LogP contribution in [0.25, 0.3) is 0 Å². The topological polar surface area (TPSA) is 54.1 Å². The van der Waals surface area contributed by atoms with Crippen molar-refractivity contribution < 1.29 is 9.47 Å². The second-order valence-electron chi connectivity index (χ2n) is 5.01. The van der Waals surface area contributed by atoms with Crippen molar-refractivity contribution in [3.8, 4) is 11.8 Å². The molecule has 0 unspecified atom stereocenters. The van der Waals surface area contributed by atoms with E-state index in [1.807, 2.05) is 21.5 Å². The third-order valence-electron chi connectivity index (χ3n) is 2.81. The maximum atomic E-state index is 4.96. The summed E-state index contributed by atoms with van der Waals surface area (Å²) in [4.78, 5) is 8.10. The van der Waals surface area contributed by atoms with Gasteiger partial charge in [0.2, 0.25) is 11.8 Å². The fraction of sp³-hybridized carbons (Fsp3) is 0.600. The molecule has 0 N–H and O–H groups in total. The van der Waals surface area contributed by atoms with Crippen molar-refractivity contribution in [2.24, 2.45) is 0 Å². The number of hydrogen-bond acceptors (Lipinski definition) is 4. The molecule has 0 aliphatic rings. The molecule has 0 bridgehead atoms. The predicted octanol–water partition coefficient (Wildman–Crippen LogP) is 4.34. The Bertz CT molecular complexity index is 549. The van der Waals surface area contributed by atoms with Crippen molar-refractivity contribution in [1.29, 1.82) is 0 Å². The van der Waals surface area contributed by atoms with E-state index in [-0.39, 0.29) is 7.43 Å². The number of imidazole rings is 2. The summed E-state index contributed by atoms with van der Waals surface area (Å²) >= 11 is 3.33. The molecule has 2 rings (SSSR count). The third kappa shape index (κ3) is 5.71. The Kier molecular flexibility index (Phi) is 8.86. The highest BCUT2D eigenvalue weighted by Gasteiger charge is 2.06. The van der Waals surface area contributed by atoms with E-state index in [0.717, 1.165) is 4.73 Å². The smallest absolute Gasteiger partial charge is 0.232 e. The maximum absolute atomic E-state index is 4.96. The lowest BCUT2D eigenvalue weighted by Crippen LogP contribution is -1.98. The lowest BCUT2D eigenvalue weighted by molar-refractivity contribution is 0.398. The zero-order chi connectivity index (χ0) is 16.0. The normalized spacial score (nSPS) is 10.0. The Morgan fingerprint density at radius 3 is 1.86 bits per heavy atom. The molecule has 0 aromatic carbocycles. The van der Waals surface area contributed by atoms with E-state index in [4.69, 9.17) is 9.47 Å². The molecular formula is C15H27BrN4O2. The molecule has 0 spiro atoms. The number of hydrogen-bond donors (Lipinski definition) is 0. The lowest BCUT2D eigenvalue weighted by atomic mass is 10.4. The Hall–Kier alpha value is -1.50.